The predicted molar refractivity (Wildman–Crippen MR) is 76.7 cm³/mol. The molecule has 1 aliphatic rings. The van der Waals surface area contributed by atoms with Crippen LogP contribution in [0.3, 0.4) is 0 Å². The second-order valence-electron chi connectivity index (χ2n) is 5.01. The number of benzene rings is 1. The largest absolute Gasteiger partial charge is 0.328 e. The smallest absolute Gasteiger partial charge is 0.244 e. The zero-order valence-corrected chi connectivity index (χ0v) is 12.7. The summed E-state index contributed by atoms with van der Waals surface area (Å²) in [7, 11) is -3.65. The van der Waals surface area contributed by atoms with Crippen LogP contribution in [-0.4, -0.2) is 31.4 Å². The van der Waals surface area contributed by atoms with Gasteiger partial charge in [0.25, 0.3) is 0 Å². The highest BCUT2D eigenvalue weighted by molar-refractivity contribution is 7.89. The molecule has 0 amide bonds. The number of nitrogens with zero attached hydrogens (tertiary/aromatic N) is 2. The molecule has 20 heavy (non-hydrogen) atoms. The van der Waals surface area contributed by atoms with Gasteiger partial charge in [0.1, 0.15) is 4.90 Å². The molecule has 7 heteroatoms. The maximum Gasteiger partial charge on any atom is 0.244 e. The van der Waals surface area contributed by atoms with Crippen molar-refractivity contribution < 1.29 is 8.42 Å². The Hall–Kier alpha value is -1.13. The molecule has 1 saturated heterocycles. The number of hydrogen-bond acceptors (Lipinski definition) is 4. The van der Waals surface area contributed by atoms with Crippen molar-refractivity contribution in [3.63, 3.8) is 0 Å². The molecule has 0 aliphatic carbocycles. The minimum absolute atomic E-state index is 0.0351. The highest BCUT2D eigenvalue weighted by atomic mass is 35.5. The Kier molecular flexibility index (Phi) is 4.35. The van der Waals surface area contributed by atoms with Gasteiger partial charge in [0.15, 0.2) is 0 Å². The Morgan fingerprint density at radius 2 is 2.20 bits per heavy atom. The average molecular weight is 314 g/mol. The maximum atomic E-state index is 12.6. The quantitative estimate of drug-likeness (QED) is 0.900. The number of sulfonamides is 1. The summed E-state index contributed by atoms with van der Waals surface area (Å²) in [6.45, 7) is 2.23. The molecule has 1 aromatic rings. The molecule has 2 atom stereocenters. The Morgan fingerprint density at radius 3 is 2.75 bits per heavy atom. The highest BCUT2D eigenvalue weighted by Gasteiger charge is 2.34. The topological polar surface area (TPSA) is 87.2 Å². The molecule has 2 unspecified atom stereocenters. The summed E-state index contributed by atoms with van der Waals surface area (Å²) < 4.78 is 26.7. The van der Waals surface area contributed by atoms with Crippen LogP contribution < -0.4 is 5.73 Å². The van der Waals surface area contributed by atoms with E-state index in [0.29, 0.717) is 24.9 Å². The monoisotopic (exact) mass is 313 g/mol. The number of hydrogen-bond donors (Lipinski definition) is 1. The molecule has 108 valence electrons. The second kappa shape index (κ2) is 5.70. The molecule has 5 nitrogen and oxygen atoms in total. The van der Waals surface area contributed by atoms with Gasteiger partial charge < -0.3 is 5.73 Å². The van der Waals surface area contributed by atoms with E-state index in [0.717, 1.165) is 0 Å². The zero-order valence-electron chi connectivity index (χ0n) is 11.1. The van der Waals surface area contributed by atoms with Crippen molar-refractivity contribution in [1.29, 1.82) is 5.26 Å². The highest BCUT2D eigenvalue weighted by Crippen LogP contribution is 2.29. The molecule has 1 fully saturated rings. The summed E-state index contributed by atoms with van der Waals surface area (Å²) in [4.78, 5) is 0.0421. The fourth-order valence-corrected chi connectivity index (χ4v) is 4.63. The third-order valence-electron chi connectivity index (χ3n) is 3.50. The van der Waals surface area contributed by atoms with Gasteiger partial charge in [-0.25, -0.2) is 8.42 Å². The Labute approximate surface area is 124 Å². The number of halogens is 1. The van der Waals surface area contributed by atoms with Gasteiger partial charge in [0, 0.05) is 18.6 Å². The van der Waals surface area contributed by atoms with E-state index in [2.05, 4.69) is 0 Å². The minimum atomic E-state index is -3.65. The molecule has 0 spiro atoms. The Bertz CT molecular complexity index is 654. The van der Waals surface area contributed by atoms with Gasteiger partial charge in [-0.2, -0.15) is 9.57 Å². The molecule has 2 rings (SSSR count). The predicted octanol–water partition coefficient (Wildman–Crippen LogP) is 1.71. The van der Waals surface area contributed by atoms with Crippen LogP contribution in [0.4, 0.5) is 0 Å². The molecule has 1 aliphatic heterocycles. The first-order valence-electron chi connectivity index (χ1n) is 6.33. The SMILES string of the molecule is CC1CC(N)CCN1S(=O)(=O)c1ccc(C#N)cc1Cl. The fourth-order valence-electron chi connectivity index (χ4n) is 2.45. The second-order valence-corrected chi connectivity index (χ2v) is 7.27. The summed E-state index contributed by atoms with van der Waals surface area (Å²) in [5, 5.41) is 8.87. The van der Waals surface area contributed by atoms with E-state index in [9.17, 15) is 8.42 Å². The zero-order chi connectivity index (χ0) is 14.9. The van der Waals surface area contributed by atoms with Crippen LogP contribution in [0.1, 0.15) is 25.3 Å². The number of piperidine rings is 1. The summed E-state index contributed by atoms with van der Waals surface area (Å²) in [6, 6.07) is 6.02. The van der Waals surface area contributed by atoms with Crippen LogP contribution in [0.2, 0.25) is 5.02 Å². The lowest BCUT2D eigenvalue weighted by Gasteiger charge is -2.35. The van der Waals surface area contributed by atoms with Crippen molar-refractivity contribution in [3.05, 3.63) is 28.8 Å². The van der Waals surface area contributed by atoms with Crippen molar-refractivity contribution in [2.24, 2.45) is 5.73 Å². The van der Waals surface area contributed by atoms with Gasteiger partial charge in [0.05, 0.1) is 16.7 Å². The van der Waals surface area contributed by atoms with Crippen molar-refractivity contribution in [3.8, 4) is 6.07 Å². The van der Waals surface area contributed by atoms with Crippen LogP contribution in [0.5, 0.6) is 0 Å². The van der Waals surface area contributed by atoms with E-state index in [-0.39, 0.29) is 22.0 Å². The fraction of sp³-hybridized carbons (Fsp3) is 0.462. The first-order valence-corrected chi connectivity index (χ1v) is 8.15. The first kappa shape index (κ1) is 15.3. The number of nitriles is 1. The van der Waals surface area contributed by atoms with Crippen molar-refractivity contribution in [2.45, 2.75) is 36.7 Å². The summed E-state index contributed by atoms with van der Waals surface area (Å²) in [5.74, 6) is 0. The minimum Gasteiger partial charge on any atom is -0.328 e. The molecule has 0 radical (unpaired) electrons. The van der Waals surface area contributed by atoms with Crippen LogP contribution >= 0.6 is 11.6 Å². The molecule has 1 heterocycles. The van der Waals surface area contributed by atoms with Crippen molar-refractivity contribution in [1.82, 2.24) is 4.31 Å². The lowest BCUT2D eigenvalue weighted by molar-refractivity contribution is 0.247. The average Bonchev–Trinajstić information content (AvgIpc) is 2.37. The lowest BCUT2D eigenvalue weighted by Crippen LogP contribution is -2.48. The lowest BCUT2D eigenvalue weighted by atomic mass is 10.0. The normalized spacial score (nSPS) is 24.3. The van der Waals surface area contributed by atoms with Crippen LogP contribution in [0.15, 0.2) is 23.1 Å². The van der Waals surface area contributed by atoms with Crippen LogP contribution in [0.25, 0.3) is 0 Å². The molecule has 1 aromatic carbocycles. The molecule has 0 saturated carbocycles. The van der Waals surface area contributed by atoms with Crippen LogP contribution in [0, 0.1) is 11.3 Å². The molecule has 0 bridgehead atoms. The van der Waals surface area contributed by atoms with E-state index in [1.165, 1.54) is 22.5 Å². The van der Waals surface area contributed by atoms with E-state index >= 15 is 0 Å². The van der Waals surface area contributed by atoms with Gasteiger partial charge in [0.2, 0.25) is 10.0 Å². The standard InChI is InChI=1S/C13H16ClN3O2S/c1-9-6-11(16)4-5-17(9)20(18,19)13-3-2-10(8-15)7-12(13)14/h2-3,7,9,11H,4-6,16H2,1H3. The van der Waals surface area contributed by atoms with Gasteiger partial charge >= 0.3 is 0 Å². The van der Waals surface area contributed by atoms with E-state index in [1.807, 2.05) is 13.0 Å². The number of nitrogens with two attached hydrogens (primary N) is 1. The third-order valence-corrected chi connectivity index (χ3v) is 6.00. The Balaban J connectivity index is 2.38. The number of rotatable bonds is 2. The van der Waals surface area contributed by atoms with E-state index in [1.54, 1.807) is 0 Å². The van der Waals surface area contributed by atoms with E-state index in [4.69, 9.17) is 22.6 Å². The third kappa shape index (κ3) is 2.81. The Morgan fingerprint density at radius 1 is 1.50 bits per heavy atom. The van der Waals surface area contributed by atoms with Crippen molar-refractivity contribution in [2.75, 3.05) is 6.54 Å². The summed E-state index contributed by atoms with van der Waals surface area (Å²) in [5.41, 5.74) is 6.19. The molecular weight excluding hydrogens is 298 g/mol. The molecule has 0 aromatic heterocycles. The maximum absolute atomic E-state index is 12.6. The van der Waals surface area contributed by atoms with E-state index < -0.39 is 10.0 Å². The van der Waals surface area contributed by atoms with Gasteiger partial charge in [-0.05, 0) is 38.0 Å². The molecule has 2 N–H and O–H groups in total. The first-order chi connectivity index (χ1) is 9.36. The van der Waals surface area contributed by atoms with Gasteiger partial charge in [-0.3, -0.25) is 0 Å². The van der Waals surface area contributed by atoms with Crippen LogP contribution in [-0.2, 0) is 10.0 Å². The summed E-state index contributed by atoms with van der Waals surface area (Å²) in [6.07, 6.45) is 1.27. The van der Waals surface area contributed by atoms with Gasteiger partial charge in [-0.15, -0.1) is 0 Å². The van der Waals surface area contributed by atoms with Crippen molar-refractivity contribution >= 4 is 21.6 Å². The summed E-state index contributed by atoms with van der Waals surface area (Å²) >= 11 is 6.01. The van der Waals surface area contributed by atoms with Gasteiger partial charge in [-0.1, -0.05) is 11.6 Å². The molecular formula is C13H16ClN3O2S.